The van der Waals surface area contributed by atoms with E-state index in [4.69, 9.17) is 4.74 Å². The van der Waals surface area contributed by atoms with Gasteiger partial charge in [0.1, 0.15) is 6.04 Å². The number of rotatable bonds is 7. The van der Waals surface area contributed by atoms with Gasteiger partial charge in [0.2, 0.25) is 0 Å². The monoisotopic (exact) mass is 287 g/mol. The average Bonchev–Trinajstić information content (AvgIpc) is 3.06. The zero-order chi connectivity index (χ0) is 14.6. The summed E-state index contributed by atoms with van der Waals surface area (Å²) in [5, 5.41) is 9.18. The first-order valence-electron chi connectivity index (χ1n) is 6.83. The van der Waals surface area contributed by atoms with Crippen molar-refractivity contribution in [3.05, 3.63) is 0 Å². The maximum atomic E-state index is 11.8. The lowest BCUT2D eigenvalue weighted by Gasteiger charge is -2.25. The van der Waals surface area contributed by atoms with Gasteiger partial charge >= 0.3 is 12.1 Å². The van der Waals surface area contributed by atoms with Crippen molar-refractivity contribution in [2.45, 2.75) is 51.0 Å². The Kier molecular flexibility index (Phi) is 5.40. The molecule has 110 valence electrons. The lowest BCUT2D eigenvalue weighted by molar-refractivity contribution is -0.142. The second-order valence-corrected chi connectivity index (χ2v) is 12.2. The molecule has 0 spiro atoms. The fourth-order valence-electron chi connectivity index (χ4n) is 1.77. The minimum absolute atomic E-state index is 0.384. The highest BCUT2D eigenvalue weighted by atomic mass is 28.3. The SMILES string of the molecule is CN(C(=O)OCC[Si](C)(C)C)[C@@H](CC1CC1)C(=O)O. The molecule has 19 heavy (non-hydrogen) atoms. The predicted molar refractivity (Wildman–Crippen MR) is 76.0 cm³/mol. The molecule has 1 N–H and O–H groups in total. The van der Waals surface area contributed by atoms with Gasteiger partial charge in [0.15, 0.2) is 0 Å². The largest absolute Gasteiger partial charge is 0.480 e. The molecule has 1 amide bonds. The maximum Gasteiger partial charge on any atom is 0.410 e. The standard InChI is InChI=1S/C13H25NO4Si/c1-14(11(12(15)16)9-10-5-6-10)13(17)18-7-8-19(2,3)4/h10-11H,5-9H2,1-4H3,(H,15,16)/t11-/m0/s1. The zero-order valence-corrected chi connectivity index (χ0v) is 13.3. The topological polar surface area (TPSA) is 66.8 Å². The molecule has 0 unspecified atom stereocenters. The van der Waals surface area contributed by atoms with Gasteiger partial charge in [-0.05, 0) is 18.4 Å². The summed E-state index contributed by atoms with van der Waals surface area (Å²) in [6, 6.07) is 0.138. The average molecular weight is 287 g/mol. The normalized spacial score (nSPS) is 16.8. The maximum absolute atomic E-state index is 11.8. The number of hydrogen-bond donors (Lipinski definition) is 1. The minimum atomic E-state index is -1.24. The van der Waals surface area contributed by atoms with Crippen molar-refractivity contribution in [1.82, 2.24) is 4.90 Å². The molecule has 0 aromatic rings. The lowest BCUT2D eigenvalue weighted by atomic mass is 10.1. The van der Waals surface area contributed by atoms with Crippen molar-refractivity contribution in [2.24, 2.45) is 5.92 Å². The molecule has 1 aliphatic rings. The van der Waals surface area contributed by atoms with E-state index in [0.717, 1.165) is 18.9 Å². The molecule has 1 rings (SSSR count). The molecule has 0 heterocycles. The number of nitrogens with zero attached hydrogens (tertiary/aromatic N) is 1. The molecule has 5 nitrogen and oxygen atoms in total. The number of carboxylic acid groups (broad SMARTS) is 1. The number of hydrogen-bond acceptors (Lipinski definition) is 3. The van der Waals surface area contributed by atoms with Gasteiger partial charge in [0.25, 0.3) is 0 Å². The number of carboxylic acids is 1. The van der Waals surface area contributed by atoms with Crippen molar-refractivity contribution in [3.63, 3.8) is 0 Å². The van der Waals surface area contributed by atoms with Crippen LogP contribution in [0.4, 0.5) is 4.79 Å². The number of likely N-dealkylation sites (N-methyl/N-ethyl adjacent to an activating group) is 1. The van der Waals surface area contributed by atoms with Gasteiger partial charge in [-0.3, -0.25) is 4.90 Å². The molecule has 0 bridgehead atoms. The van der Waals surface area contributed by atoms with Crippen LogP contribution in [0.2, 0.25) is 25.7 Å². The van der Waals surface area contributed by atoms with Crippen LogP contribution in [0, 0.1) is 5.92 Å². The minimum Gasteiger partial charge on any atom is -0.480 e. The summed E-state index contributed by atoms with van der Waals surface area (Å²) in [7, 11) is 0.276. The number of ether oxygens (including phenoxy) is 1. The highest BCUT2D eigenvalue weighted by Gasteiger charge is 2.34. The molecular weight excluding hydrogens is 262 g/mol. The number of amides is 1. The molecule has 0 saturated heterocycles. The van der Waals surface area contributed by atoms with E-state index < -0.39 is 26.2 Å². The third-order valence-corrected chi connectivity index (χ3v) is 5.08. The first kappa shape index (κ1) is 16.0. The van der Waals surface area contributed by atoms with E-state index in [1.54, 1.807) is 0 Å². The zero-order valence-electron chi connectivity index (χ0n) is 12.3. The predicted octanol–water partition coefficient (Wildman–Crippen LogP) is 2.65. The van der Waals surface area contributed by atoms with Crippen LogP contribution in [0.25, 0.3) is 0 Å². The van der Waals surface area contributed by atoms with Gasteiger partial charge in [-0.15, -0.1) is 0 Å². The Morgan fingerprint density at radius 3 is 2.37 bits per heavy atom. The fraction of sp³-hybridized carbons (Fsp3) is 0.846. The van der Waals surface area contributed by atoms with Crippen molar-refractivity contribution in [1.29, 1.82) is 0 Å². The Balaban J connectivity index is 2.41. The van der Waals surface area contributed by atoms with E-state index in [1.807, 2.05) is 0 Å². The molecule has 0 aromatic heterocycles. The van der Waals surface area contributed by atoms with Crippen LogP contribution in [-0.4, -0.2) is 49.8 Å². The highest BCUT2D eigenvalue weighted by Crippen LogP contribution is 2.34. The van der Waals surface area contributed by atoms with Gasteiger partial charge < -0.3 is 9.84 Å². The van der Waals surface area contributed by atoms with E-state index >= 15 is 0 Å². The summed E-state index contributed by atoms with van der Waals surface area (Å²) in [5.74, 6) is -0.491. The fourth-order valence-corrected chi connectivity index (χ4v) is 2.48. The molecule has 0 radical (unpaired) electrons. The summed E-state index contributed by atoms with van der Waals surface area (Å²) >= 11 is 0. The summed E-state index contributed by atoms with van der Waals surface area (Å²) in [6.45, 7) is 7.00. The van der Waals surface area contributed by atoms with Crippen LogP contribution in [0.15, 0.2) is 0 Å². The first-order valence-corrected chi connectivity index (χ1v) is 10.5. The molecule has 1 atom stereocenters. The van der Waals surface area contributed by atoms with Crippen LogP contribution in [-0.2, 0) is 9.53 Å². The summed E-state index contributed by atoms with van der Waals surface area (Å²) < 4.78 is 5.17. The lowest BCUT2D eigenvalue weighted by Crippen LogP contribution is -2.43. The van der Waals surface area contributed by atoms with Crippen molar-refractivity contribution in [2.75, 3.05) is 13.7 Å². The molecular formula is C13H25NO4Si. The molecule has 6 heteroatoms. The Morgan fingerprint density at radius 1 is 1.37 bits per heavy atom. The van der Waals surface area contributed by atoms with Crippen molar-refractivity contribution >= 4 is 20.1 Å². The second-order valence-electron chi connectivity index (χ2n) is 6.57. The van der Waals surface area contributed by atoms with Crippen LogP contribution in [0.1, 0.15) is 19.3 Å². The van der Waals surface area contributed by atoms with Crippen LogP contribution in [0.5, 0.6) is 0 Å². The smallest absolute Gasteiger partial charge is 0.410 e. The molecule has 0 aliphatic heterocycles. The molecule has 1 saturated carbocycles. The van der Waals surface area contributed by atoms with Crippen LogP contribution >= 0.6 is 0 Å². The van der Waals surface area contributed by atoms with Gasteiger partial charge in [-0.2, -0.15) is 0 Å². The number of carbonyl (C=O) groups is 2. The van der Waals surface area contributed by atoms with Gasteiger partial charge in [0.05, 0.1) is 6.61 Å². The van der Waals surface area contributed by atoms with Gasteiger partial charge in [-0.25, -0.2) is 9.59 Å². The highest BCUT2D eigenvalue weighted by molar-refractivity contribution is 6.76. The Morgan fingerprint density at radius 2 is 1.95 bits per heavy atom. The molecule has 1 fully saturated rings. The third kappa shape index (κ3) is 6.09. The van der Waals surface area contributed by atoms with E-state index in [1.165, 1.54) is 11.9 Å². The summed E-state index contributed by atoms with van der Waals surface area (Å²) in [5.41, 5.74) is 0. The third-order valence-electron chi connectivity index (χ3n) is 3.37. The number of carbonyl (C=O) groups excluding carboxylic acids is 1. The van der Waals surface area contributed by atoms with Gasteiger partial charge in [-0.1, -0.05) is 32.5 Å². The van der Waals surface area contributed by atoms with Crippen molar-refractivity contribution < 1.29 is 19.4 Å². The second kappa shape index (κ2) is 6.41. The molecule has 0 aromatic carbocycles. The Labute approximate surface area is 115 Å². The Hall–Kier alpha value is -1.04. The van der Waals surface area contributed by atoms with E-state index in [9.17, 15) is 14.7 Å². The summed E-state index contributed by atoms with van der Waals surface area (Å²) in [6.07, 6.45) is 2.16. The first-order chi connectivity index (χ1) is 8.70. The molecule has 1 aliphatic carbocycles. The van der Waals surface area contributed by atoms with Crippen LogP contribution in [0.3, 0.4) is 0 Å². The van der Waals surface area contributed by atoms with Gasteiger partial charge in [0, 0.05) is 15.1 Å². The summed E-state index contributed by atoms with van der Waals surface area (Å²) in [4.78, 5) is 24.3. The van der Waals surface area contributed by atoms with Crippen LogP contribution < -0.4 is 0 Å². The number of aliphatic carboxylic acids is 1. The van der Waals surface area contributed by atoms with E-state index in [2.05, 4.69) is 19.6 Å². The van der Waals surface area contributed by atoms with Crippen molar-refractivity contribution in [3.8, 4) is 0 Å². The Bertz CT molecular complexity index is 336. The van der Waals surface area contributed by atoms with E-state index in [0.29, 0.717) is 18.9 Å². The quantitative estimate of drug-likeness (QED) is 0.731. The van der Waals surface area contributed by atoms with E-state index in [-0.39, 0.29) is 0 Å².